The lowest BCUT2D eigenvalue weighted by Gasteiger charge is -2.17. The van der Waals surface area contributed by atoms with Gasteiger partial charge in [-0.3, -0.25) is 14.0 Å². The summed E-state index contributed by atoms with van der Waals surface area (Å²) in [6.07, 6.45) is 1.71. The molecule has 6 nitrogen and oxygen atoms in total. The number of rotatable bonds is 8. The molecule has 0 aliphatic heterocycles. The van der Waals surface area contributed by atoms with Crippen LogP contribution in [0.3, 0.4) is 0 Å². The van der Waals surface area contributed by atoms with Crippen molar-refractivity contribution < 1.29 is 9.53 Å². The number of fused-ring (bicyclic) bond motifs is 1. The lowest BCUT2D eigenvalue weighted by atomic mass is 10.2. The van der Waals surface area contributed by atoms with Crippen LogP contribution in [0.4, 0.5) is 0 Å². The van der Waals surface area contributed by atoms with Gasteiger partial charge in [0, 0.05) is 37.0 Å². The first-order chi connectivity index (χ1) is 13.1. The van der Waals surface area contributed by atoms with Crippen LogP contribution < -0.4 is 10.3 Å². The van der Waals surface area contributed by atoms with Crippen LogP contribution in [-0.2, 0) is 17.1 Å². The third-order valence-electron chi connectivity index (χ3n) is 3.91. The quantitative estimate of drug-likeness (QED) is 0.578. The number of carbonyl (C=O) groups excluding carboxylic acids is 1. The Hall–Kier alpha value is -2.32. The molecule has 0 unspecified atom stereocenters. The van der Waals surface area contributed by atoms with Crippen molar-refractivity contribution in [1.82, 2.24) is 14.3 Å². The zero-order chi connectivity index (χ0) is 19.2. The molecule has 1 amide bonds. The summed E-state index contributed by atoms with van der Waals surface area (Å²) in [5.74, 6) is 1.75. The van der Waals surface area contributed by atoms with Gasteiger partial charge in [0.25, 0.3) is 5.56 Å². The van der Waals surface area contributed by atoms with Crippen molar-refractivity contribution in [3.8, 4) is 5.75 Å². The molecule has 142 valence electrons. The molecule has 3 rings (SSSR count). The van der Waals surface area contributed by atoms with Crippen molar-refractivity contribution in [3.63, 3.8) is 0 Å². The first kappa shape index (κ1) is 19.4. The van der Waals surface area contributed by atoms with E-state index in [1.165, 1.54) is 33.6 Å². The molecule has 8 heteroatoms. The Morgan fingerprint density at radius 2 is 2.11 bits per heavy atom. The highest BCUT2D eigenvalue weighted by Gasteiger charge is 2.11. The van der Waals surface area contributed by atoms with Crippen LogP contribution in [0, 0.1) is 0 Å². The Balaban J connectivity index is 1.49. The van der Waals surface area contributed by atoms with Crippen molar-refractivity contribution in [2.24, 2.45) is 0 Å². The Kier molecular flexibility index (Phi) is 6.52. The third-order valence-corrected chi connectivity index (χ3v) is 5.62. The summed E-state index contributed by atoms with van der Waals surface area (Å²) in [5, 5.41) is 1.83. The predicted octanol–water partition coefficient (Wildman–Crippen LogP) is 3.05. The Labute approximate surface area is 165 Å². The molecule has 2 aromatic heterocycles. The highest BCUT2D eigenvalue weighted by atomic mass is 32.2. The van der Waals surface area contributed by atoms with Gasteiger partial charge in [-0.2, -0.15) is 0 Å². The van der Waals surface area contributed by atoms with E-state index in [9.17, 15) is 9.59 Å². The molecule has 1 aromatic carbocycles. The number of thioether (sulfide) groups is 1. The number of thiazole rings is 1. The van der Waals surface area contributed by atoms with Crippen LogP contribution >= 0.6 is 23.1 Å². The Morgan fingerprint density at radius 3 is 2.85 bits per heavy atom. The molecule has 0 atom stereocenters. The molecule has 0 spiro atoms. The summed E-state index contributed by atoms with van der Waals surface area (Å²) >= 11 is 2.89. The van der Waals surface area contributed by atoms with Crippen LogP contribution in [0.5, 0.6) is 5.75 Å². The second-order valence-corrected chi connectivity index (χ2v) is 7.82. The third kappa shape index (κ3) is 5.11. The van der Waals surface area contributed by atoms with Crippen molar-refractivity contribution in [2.75, 3.05) is 19.4 Å². The highest BCUT2D eigenvalue weighted by molar-refractivity contribution is 7.99. The first-order valence-electron chi connectivity index (χ1n) is 8.56. The molecule has 0 radical (unpaired) electrons. The van der Waals surface area contributed by atoms with Crippen molar-refractivity contribution >= 4 is 34.0 Å². The normalized spacial score (nSPS) is 10.9. The van der Waals surface area contributed by atoms with Crippen LogP contribution in [0.2, 0.25) is 0 Å². The minimum atomic E-state index is -0.0872. The fraction of sp³-hybridized carbons (Fsp3) is 0.316. The average Bonchev–Trinajstić information content (AvgIpc) is 3.12. The zero-order valence-electron chi connectivity index (χ0n) is 15.3. The van der Waals surface area contributed by atoms with E-state index in [1.807, 2.05) is 36.6 Å². The monoisotopic (exact) mass is 403 g/mol. The molecule has 27 heavy (non-hydrogen) atoms. The molecule has 0 bridgehead atoms. The Bertz CT molecular complexity index is 966. The highest BCUT2D eigenvalue weighted by Crippen LogP contribution is 2.15. The lowest BCUT2D eigenvalue weighted by Crippen LogP contribution is -2.27. The standard InChI is InChI=1S/C19H21N3O3S2/c1-3-25-16-6-4-14(5-7-16)11-21(2)18(24)13-26-12-15-10-17(23)22-8-9-27-19(22)20-15/h4-10H,3,11-13H2,1-2H3. The lowest BCUT2D eigenvalue weighted by molar-refractivity contribution is -0.127. The molecule has 0 aliphatic carbocycles. The number of benzene rings is 1. The minimum absolute atomic E-state index is 0.0443. The molecular formula is C19H21N3O3S2. The van der Waals surface area contributed by atoms with Gasteiger partial charge in [-0.05, 0) is 24.6 Å². The fourth-order valence-electron chi connectivity index (χ4n) is 2.53. The van der Waals surface area contributed by atoms with Crippen molar-refractivity contribution in [2.45, 2.75) is 19.2 Å². The van der Waals surface area contributed by atoms with Crippen LogP contribution in [0.1, 0.15) is 18.2 Å². The Morgan fingerprint density at radius 1 is 1.33 bits per heavy atom. The molecule has 2 heterocycles. The topological polar surface area (TPSA) is 63.9 Å². The molecule has 3 aromatic rings. The van der Waals surface area contributed by atoms with Gasteiger partial charge in [0.2, 0.25) is 5.91 Å². The number of amides is 1. The molecule has 0 saturated heterocycles. The van der Waals surface area contributed by atoms with E-state index in [0.717, 1.165) is 11.3 Å². The van der Waals surface area contributed by atoms with Gasteiger partial charge in [0.05, 0.1) is 18.1 Å². The van der Waals surface area contributed by atoms with E-state index in [1.54, 1.807) is 18.1 Å². The van der Waals surface area contributed by atoms with E-state index >= 15 is 0 Å². The maximum Gasteiger partial charge on any atom is 0.258 e. The second kappa shape index (κ2) is 9.05. The smallest absolute Gasteiger partial charge is 0.258 e. The predicted molar refractivity (Wildman–Crippen MR) is 110 cm³/mol. The van der Waals surface area contributed by atoms with E-state index in [2.05, 4.69) is 4.98 Å². The first-order valence-corrected chi connectivity index (χ1v) is 10.6. The van der Waals surface area contributed by atoms with Crippen LogP contribution in [0.25, 0.3) is 4.96 Å². The summed E-state index contributed by atoms with van der Waals surface area (Å²) in [4.78, 5) is 31.1. The number of hydrogen-bond donors (Lipinski definition) is 0. The summed E-state index contributed by atoms with van der Waals surface area (Å²) in [6, 6.07) is 9.29. The zero-order valence-corrected chi connectivity index (χ0v) is 16.9. The summed E-state index contributed by atoms with van der Waals surface area (Å²) < 4.78 is 6.95. The summed E-state index contributed by atoms with van der Waals surface area (Å²) in [6.45, 7) is 3.13. The number of nitrogens with zero attached hydrogens (tertiary/aromatic N) is 3. The van der Waals surface area contributed by atoms with Gasteiger partial charge in [-0.25, -0.2) is 4.98 Å². The molecule has 0 aliphatic rings. The number of hydrogen-bond acceptors (Lipinski definition) is 6. The molecule has 0 fully saturated rings. The van der Waals surface area contributed by atoms with Gasteiger partial charge >= 0.3 is 0 Å². The van der Waals surface area contributed by atoms with Crippen LogP contribution in [0.15, 0.2) is 46.7 Å². The SMILES string of the molecule is CCOc1ccc(CN(C)C(=O)CSCc2cc(=O)n3ccsc3n2)cc1. The maximum absolute atomic E-state index is 12.3. The van der Waals surface area contributed by atoms with E-state index in [-0.39, 0.29) is 11.5 Å². The van der Waals surface area contributed by atoms with E-state index in [4.69, 9.17) is 4.74 Å². The van der Waals surface area contributed by atoms with Gasteiger partial charge in [0.1, 0.15) is 5.75 Å². The number of ether oxygens (including phenoxy) is 1. The maximum atomic E-state index is 12.3. The van der Waals surface area contributed by atoms with Crippen LogP contribution in [-0.4, -0.2) is 39.6 Å². The van der Waals surface area contributed by atoms with Crippen molar-refractivity contribution in [3.05, 3.63) is 63.5 Å². The van der Waals surface area contributed by atoms with Crippen molar-refractivity contribution in [1.29, 1.82) is 0 Å². The van der Waals surface area contributed by atoms with E-state index < -0.39 is 0 Å². The summed E-state index contributed by atoms with van der Waals surface area (Å²) in [5.41, 5.74) is 1.67. The largest absolute Gasteiger partial charge is 0.494 e. The summed E-state index contributed by atoms with van der Waals surface area (Å²) in [7, 11) is 1.79. The van der Waals surface area contributed by atoms with Gasteiger partial charge in [0.15, 0.2) is 4.96 Å². The second-order valence-electron chi connectivity index (χ2n) is 5.96. The van der Waals surface area contributed by atoms with Gasteiger partial charge < -0.3 is 9.64 Å². The van der Waals surface area contributed by atoms with Gasteiger partial charge in [-0.15, -0.1) is 23.1 Å². The van der Waals surface area contributed by atoms with E-state index in [0.29, 0.717) is 35.3 Å². The van der Waals surface area contributed by atoms with Gasteiger partial charge in [-0.1, -0.05) is 12.1 Å². The minimum Gasteiger partial charge on any atom is -0.494 e. The number of carbonyl (C=O) groups is 1. The molecular weight excluding hydrogens is 382 g/mol. The molecule has 0 saturated carbocycles. The number of aromatic nitrogens is 2. The molecule has 0 N–H and O–H groups in total. The average molecular weight is 404 g/mol. The fourth-order valence-corrected chi connectivity index (χ4v) is 4.13.